The van der Waals surface area contributed by atoms with Crippen LogP contribution in [0.25, 0.3) is 0 Å². The first-order chi connectivity index (χ1) is 13.5. The summed E-state index contributed by atoms with van der Waals surface area (Å²) in [7, 11) is 3.37. The van der Waals surface area contributed by atoms with Gasteiger partial charge in [0.05, 0.1) is 15.2 Å². The van der Waals surface area contributed by atoms with Crippen molar-refractivity contribution in [1.82, 2.24) is 0 Å². The molecule has 3 nitrogen and oxygen atoms in total. The smallest absolute Gasteiger partial charge is 0.302 e. The second-order valence-corrected chi connectivity index (χ2v) is 14.0. The van der Waals surface area contributed by atoms with Crippen molar-refractivity contribution < 1.29 is 14.3 Å². The van der Waals surface area contributed by atoms with Crippen LogP contribution in [0.1, 0.15) is 31.9 Å². The van der Waals surface area contributed by atoms with Crippen molar-refractivity contribution in [2.75, 3.05) is 21.3 Å². The van der Waals surface area contributed by atoms with Crippen LogP contribution < -0.4 is 0 Å². The third-order valence-electron chi connectivity index (χ3n) is 4.30. The molecule has 0 N–H and O–H groups in total. The zero-order valence-corrected chi connectivity index (χ0v) is 20.6. The Morgan fingerprint density at radius 2 is 1.24 bits per heavy atom. The number of carbonyl (C=O) groups excluding carboxylic acids is 1. The Labute approximate surface area is 179 Å². The highest BCUT2D eigenvalue weighted by atomic mass is 28.3. The largest absolute Gasteiger partial charge is 0.469 e. The van der Waals surface area contributed by atoms with Crippen LogP contribution in [0.3, 0.4) is 0 Å². The molecule has 0 radical (unpaired) electrons. The molecular formula is C25H40O3Si. The Kier molecular flexibility index (Phi) is 13.2. The van der Waals surface area contributed by atoms with Gasteiger partial charge in [0.2, 0.25) is 0 Å². The first-order valence-electron chi connectivity index (χ1n) is 10.1. The second kappa shape index (κ2) is 14.1. The van der Waals surface area contributed by atoms with Gasteiger partial charge in [0.1, 0.15) is 0 Å². The zero-order chi connectivity index (χ0) is 22.3. The first kappa shape index (κ1) is 27.1. The van der Waals surface area contributed by atoms with Crippen LogP contribution in [0.4, 0.5) is 0 Å². The maximum atomic E-state index is 9.59. The van der Waals surface area contributed by atoms with Gasteiger partial charge in [-0.15, -0.1) is 0 Å². The fraction of sp³-hybridized carbons (Fsp3) is 0.480. The lowest BCUT2D eigenvalue weighted by atomic mass is 9.88. The summed E-state index contributed by atoms with van der Waals surface area (Å²) in [6.45, 7) is 11.3. The molecular weight excluding hydrogens is 376 g/mol. The van der Waals surface area contributed by atoms with Gasteiger partial charge in [0.15, 0.2) is 0 Å². The molecule has 2 aromatic carbocycles. The molecule has 0 aliphatic rings. The normalized spacial score (nSPS) is 10.8. The fourth-order valence-electron chi connectivity index (χ4n) is 3.72. The van der Waals surface area contributed by atoms with E-state index in [1.54, 1.807) is 14.2 Å². The van der Waals surface area contributed by atoms with Gasteiger partial charge in [-0.1, -0.05) is 99.2 Å². The van der Waals surface area contributed by atoms with Gasteiger partial charge in [-0.05, 0) is 23.4 Å². The standard InChI is InChI=1S/C20H28Si.C3H6O2.C2H6O/c1-20(2,15-18-11-7-5-8-12-18)17-21(3,4)16-19-13-9-6-10-14-19;1-3(4)5-2;1-3-2/h5-14H,15-17H2,1-4H3;1-2H3;1-2H3. The molecule has 0 fully saturated rings. The van der Waals surface area contributed by atoms with Crippen molar-refractivity contribution in [3.63, 3.8) is 0 Å². The van der Waals surface area contributed by atoms with Crippen LogP contribution >= 0.6 is 0 Å². The Balaban J connectivity index is 0.000000838. The van der Waals surface area contributed by atoms with Gasteiger partial charge in [0.25, 0.3) is 0 Å². The van der Waals surface area contributed by atoms with Crippen LogP contribution in [-0.2, 0) is 26.7 Å². The molecule has 0 amide bonds. The number of hydrogen-bond acceptors (Lipinski definition) is 3. The predicted octanol–water partition coefficient (Wildman–Crippen LogP) is 6.19. The average molecular weight is 417 g/mol. The third-order valence-corrected chi connectivity index (χ3v) is 7.58. The number of carbonyl (C=O) groups is 1. The second-order valence-electron chi connectivity index (χ2n) is 8.93. The molecule has 0 aliphatic heterocycles. The molecule has 162 valence electrons. The van der Waals surface area contributed by atoms with Crippen LogP contribution in [-0.4, -0.2) is 35.4 Å². The molecule has 2 rings (SSSR count). The van der Waals surface area contributed by atoms with Crippen molar-refractivity contribution in [1.29, 1.82) is 0 Å². The summed E-state index contributed by atoms with van der Waals surface area (Å²) in [6.07, 6.45) is 1.18. The third kappa shape index (κ3) is 14.7. The zero-order valence-electron chi connectivity index (χ0n) is 19.6. The van der Waals surface area contributed by atoms with E-state index in [2.05, 4.69) is 97.1 Å². The maximum Gasteiger partial charge on any atom is 0.302 e. The molecule has 4 heteroatoms. The monoisotopic (exact) mass is 416 g/mol. The first-order valence-corrected chi connectivity index (χ1v) is 13.5. The summed E-state index contributed by atoms with van der Waals surface area (Å²) in [5, 5.41) is 0. The van der Waals surface area contributed by atoms with E-state index in [1.165, 1.54) is 43.7 Å². The summed E-state index contributed by atoms with van der Waals surface area (Å²) in [4.78, 5) is 9.59. The Bertz CT molecular complexity index is 615. The van der Waals surface area contributed by atoms with E-state index in [-0.39, 0.29) is 5.97 Å². The van der Waals surface area contributed by atoms with Gasteiger partial charge in [0, 0.05) is 21.1 Å². The number of benzene rings is 2. The van der Waals surface area contributed by atoms with Gasteiger partial charge in [-0.3, -0.25) is 4.79 Å². The number of methoxy groups -OCH3 is 2. The average Bonchev–Trinajstić information content (AvgIpc) is 2.62. The van der Waals surface area contributed by atoms with E-state index < -0.39 is 8.07 Å². The minimum Gasteiger partial charge on any atom is -0.469 e. The molecule has 0 atom stereocenters. The summed E-state index contributed by atoms with van der Waals surface area (Å²) in [5.41, 5.74) is 3.35. The van der Waals surface area contributed by atoms with Crippen LogP contribution in [0.15, 0.2) is 60.7 Å². The van der Waals surface area contributed by atoms with Crippen molar-refractivity contribution in [2.45, 2.75) is 52.4 Å². The van der Waals surface area contributed by atoms with Gasteiger partial charge in [-0.25, -0.2) is 0 Å². The highest BCUT2D eigenvalue weighted by Gasteiger charge is 2.30. The molecule has 29 heavy (non-hydrogen) atoms. The number of rotatable bonds is 6. The molecule has 0 unspecified atom stereocenters. The van der Waals surface area contributed by atoms with E-state index >= 15 is 0 Å². The minimum absolute atomic E-state index is 0.245. The molecule has 2 aromatic rings. The van der Waals surface area contributed by atoms with Crippen LogP contribution in [0, 0.1) is 5.41 Å². The van der Waals surface area contributed by atoms with E-state index in [1.807, 2.05) is 0 Å². The summed E-state index contributed by atoms with van der Waals surface area (Å²) in [5.74, 6) is -0.245. The summed E-state index contributed by atoms with van der Waals surface area (Å²) in [6, 6.07) is 24.6. The van der Waals surface area contributed by atoms with Crippen molar-refractivity contribution >= 4 is 14.0 Å². The molecule has 0 aromatic heterocycles. The quantitative estimate of drug-likeness (QED) is 0.416. The van der Waals surface area contributed by atoms with Crippen molar-refractivity contribution in [3.8, 4) is 0 Å². The minimum atomic E-state index is -1.23. The molecule has 0 aliphatic carbocycles. The number of esters is 1. The van der Waals surface area contributed by atoms with Crippen LogP contribution in [0.2, 0.25) is 19.1 Å². The van der Waals surface area contributed by atoms with Crippen molar-refractivity contribution in [2.24, 2.45) is 5.41 Å². The molecule has 0 spiro atoms. The highest BCUT2D eigenvalue weighted by molar-refractivity contribution is 6.77. The molecule has 0 heterocycles. The predicted molar refractivity (Wildman–Crippen MR) is 127 cm³/mol. The lowest BCUT2D eigenvalue weighted by molar-refractivity contribution is -0.137. The number of hydrogen-bond donors (Lipinski definition) is 0. The Morgan fingerprint density at radius 3 is 1.62 bits per heavy atom. The van der Waals surface area contributed by atoms with E-state index in [0.29, 0.717) is 5.41 Å². The molecule has 0 saturated carbocycles. The SMILES string of the molecule is CC(C)(Cc1ccccc1)C[Si](C)(C)Cc1ccccc1.COC.COC(C)=O. The van der Waals surface area contributed by atoms with E-state index in [0.717, 1.165) is 0 Å². The van der Waals surface area contributed by atoms with E-state index in [4.69, 9.17) is 0 Å². The van der Waals surface area contributed by atoms with Gasteiger partial charge in [-0.2, -0.15) is 0 Å². The Morgan fingerprint density at radius 1 is 0.862 bits per heavy atom. The lowest BCUT2D eigenvalue weighted by Gasteiger charge is -2.34. The fourth-order valence-corrected chi connectivity index (χ4v) is 7.90. The van der Waals surface area contributed by atoms with Crippen LogP contribution in [0.5, 0.6) is 0 Å². The number of ether oxygens (including phenoxy) is 2. The maximum absolute atomic E-state index is 9.59. The lowest BCUT2D eigenvalue weighted by Crippen LogP contribution is -2.36. The molecule has 0 saturated heterocycles. The highest BCUT2D eigenvalue weighted by Crippen LogP contribution is 2.33. The van der Waals surface area contributed by atoms with E-state index in [9.17, 15) is 4.79 Å². The Hall–Kier alpha value is -1.91. The summed E-state index contributed by atoms with van der Waals surface area (Å²) < 4.78 is 8.36. The molecule has 0 bridgehead atoms. The summed E-state index contributed by atoms with van der Waals surface area (Å²) >= 11 is 0. The van der Waals surface area contributed by atoms with Crippen molar-refractivity contribution in [3.05, 3.63) is 71.8 Å². The topological polar surface area (TPSA) is 35.5 Å². The van der Waals surface area contributed by atoms with Gasteiger partial charge < -0.3 is 9.47 Å². The van der Waals surface area contributed by atoms with Gasteiger partial charge >= 0.3 is 5.97 Å².